The van der Waals surface area contributed by atoms with Gasteiger partial charge in [0.25, 0.3) is 0 Å². The molecule has 3 aromatic rings. The van der Waals surface area contributed by atoms with Gasteiger partial charge in [-0.3, -0.25) is 4.79 Å². The van der Waals surface area contributed by atoms with Crippen molar-refractivity contribution in [3.05, 3.63) is 59.2 Å². The van der Waals surface area contributed by atoms with Crippen molar-refractivity contribution in [2.24, 2.45) is 0 Å². The van der Waals surface area contributed by atoms with Gasteiger partial charge in [-0.15, -0.1) is 0 Å². The lowest BCUT2D eigenvalue weighted by atomic mass is 10.1. The molecular formula is C17H14ClNO3. The van der Waals surface area contributed by atoms with E-state index in [0.29, 0.717) is 10.8 Å². The molecule has 0 aliphatic carbocycles. The highest BCUT2D eigenvalue weighted by Gasteiger charge is 2.11. The molecule has 0 spiro atoms. The summed E-state index contributed by atoms with van der Waals surface area (Å²) in [7, 11) is 1.61. The fourth-order valence-corrected chi connectivity index (χ4v) is 2.46. The van der Waals surface area contributed by atoms with Crippen LogP contribution in [0.3, 0.4) is 0 Å². The summed E-state index contributed by atoms with van der Waals surface area (Å²) in [6.07, 6.45) is 1.98. The number of nitrogens with one attached hydrogen (secondary N) is 1. The van der Waals surface area contributed by atoms with Crippen LogP contribution >= 0.6 is 11.6 Å². The second-order valence-electron chi connectivity index (χ2n) is 4.83. The molecule has 0 fully saturated rings. The molecule has 112 valence electrons. The number of carbonyl (C=O) groups is 1. The maximum atomic E-state index is 12.1. The number of halogens is 1. The zero-order valence-electron chi connectivity index (χ0n) is 11.9. The number of fused-ring (bicyclic) bond motifs is 1. The Kier molecular flexibility index (Phi) is 4.02. The zero-order chi connectivity index (χ0) is 15.5. The van der Waals surface area contributed by atoms with E-state index in [0.717, 1.165) is 22.2 Å². The second kappa shape index (κ2) is 6.12. The number of rotatable bonds is 4. The number of aromatic nitrogens is 1. The summed E-state index contributed by atoms with van der Waals surface area (Å²) >= 11 is 5.87. The molecule has 2 aromatic carbocycles. The summed E-state index contributed by atoms with van der Waals surface area (Å²) < 4.78 is 10.5. The maximum Gasteiger partial charge on any atom is 0.315 e. The molecular weight excluding hydrogens is 302 g/mol. The van der Waals surface area contributed by atoms with Gasteiger partial charge in [0.15, 0.2) is 0 Å². The van der Waals surface area contributed by atoms with Gasteiger partial charge >= 0.3 is 5.97 Å². The van der Waals surface area contributed by atoms with Gasteiger partial charge in [0.2, 0.25) is 0 Å². The van der Waals surface area contributed by atoms with Crippen LogP contribution in [0.15, 0.2) is 48.7 Å². The fraction of sp³-hybridized carbons (Fsp3) is 0.118. The van der Waals surface area contributed by atoms with Crippen LogP contribution in [0.5, 0.6) is 11.5 Å². The third-order valence-electron chi connectivity index (χ3n) is 3.34. The Labute approximate surface area is 132 Å². The number of benzene rings is 2. The van der Waals surface area contributed by atoms with Gasteiger partial charge in [-0.05, 0) is 42.0 Å². The summed E-state index contributed by atoms with van der Waals surface area (Å²) in [6, 6.07) is 12.5. The average molecular weight is 316 g/mol. The lowest BCUT2D eigenvalue weighted by Crippen LogP contribution is -2.10. The molecule has 22 heavy (non-hydrogen) atoms. The first-order valence-corrected chi connectivity index (χ1v) is 7.14. The molecule has 0 saturated heterocycles. The standard InChI is InChI=1S/C17H14ClNO3/c1-21-13-5-6-16-15(9-13)11(10-19-16)7-17(20)22-14-4-2-3-12(18)8-14/h2-6,8-10,19H,7H2,1H3. The first kappa shape index (κ1) is 14.5. The molecule has 0 aliphatic rings. The van der Waals surface area contributed by atoms with E-state index in [4.69, 9.17) is 21.1 Å². The van der Waals surface area contributed by atoms with Crippen molar-refractivity contribution in [1.82, 2.24) is 4.98 Å². The molecule has 0 saturated carbocycles. The Hall–Kier alpha value is -2.46. The van der Waals surface area contributed by atoms with E-state index >= 15 is 0 Å². The van der Waals surface area contributed by atoms with Crippen LogP contribution in [0, 0.1) is 0 Å². The Balaban J connectivity index is 1.79. The number of aromatic amines is 1. The molecule has 4 nitrogen and oxygen atoms in total. The summed E-state index contributed by atoms with van der Waals surface area (Å²) in [5.74, 6) is 0.845. The van der Waals surface area contributed by atoms with E-state index in [1.807, 2.05) is 24.4 Å². The minimum atomic E-state index is -0.342. The monoisotopic (exact) mass is 315 g/mol. The topological polar surface area (TPSA) is 51.3 Å². The Morgan fingerprint density at radius 3 is 2.82 bits per heavy atom. The second-order valence-corrected chi connectivity index (χ2v) is 5.27. The third kappa shape index (κ3) is 3.07. The molecule has 5 heteroatoms. The van der Waals surface area contributed by atoms with Crippen LogP contribution in [0.1, 0.15) is 5.56 Å². The minimum Gasteiger partial charge on any atom is -0.497 e. The molecule has 3 rings (SSSR count). The number of esters is 1. The lowest BCUT2D eigenvalue weighted by Gasteiger charge is -2.05. The van der Waals surface area contributed by atoms with E-state index < -0.39 is 0 Å². The van der Waals surface area contributed by atoms with Gasteiger partial charge in [0, 0.05) is 22.1 Å². The molecule has 0 aliphatic heterocycles. The summed E-state index contributed by atoms with van der Waals surface area (Å²) in [6.45, 7) is 0. The number of methoxy groups -OCH3 is 1. The number of ether oxygens (including phenoxy) is 2. The molecule has 0 bridgehead atoms. The number of hydrogen-bond donors (Lipinski definition) is 1. The lowest BCUT2D eigenvalue weighted by molar-refractivity contribution is -0.133. The molecule has 1 heterocycles. The maximum absolute atomic E-state index is 12.1. The van der Waals surface area contributed by atoms with Crippen molar-refractivity contribution >= 4 is 28.5 Å². The number of carbonyl (C=O) groups excluding carboxylic acids is 1. The average Bonchev–Trinajstić information content (AvgIpc) is 2.89. The molecule has 0 atom stereocenters. The Morgan fingerprint density at radius 1 is 1.18 bits per heavy atom. The van der Waals surface area contributed by atoms with Crippen molar-refractivity contribution in [1.29, 1.82) is 0 Å². The van der Waals surface area contributed by atoms with E-state index in [1.54, 1.807) is 31.4 Å². The fourth-order valence-electron chi connectivity index (χ4n) is 2.28. The zero-order valence-corrected chi connectivity index (χ0v) is 12.7. The van der Waals surface area contributed by atoms with Gasteiger partial charge < -0.3 is 14.5 Å². The molecule has 0 radical (unpaired) electrons. The normalized spacial score (nSPS) is 10.6. The van der Waals surface area contributed by atoms with Crippen molar-refractivity contribution in [3.8, 4) is 11.5 Å². The summed E-state index contributed by atoms with van der Waals surface area (Å²) in [4.78, 5) is 15.2. The van der Waals surface area contributed by atoms with Crippen molar-refractivity contribution in [3.63, 3.8) is 0 Å². The van der Waals surface area contributed by atoms with E-state index in [9.17, 15) is 4.79 Å². The smallest absolute Gasteiger partial charge is 0.315 e. The van der Waals surface area contributed by atoms with Crippen LogP contribution in [-0.2, 0) is 11.2 Å². The summed E-state index contributed by atoms with van der Waals surface area (Å²) in [5, 5.41) is 1.48. The first-order valence-electron chi connectivity index (χ1n) is 6.76. The van der Waals surface area contributed by atoms with Gasteiger partial charge in [0.05, 0.1) is 13.5 Å². The van der Waals surface area contributed by atoms with Crippen molar-refractivity contribution in [2.75, 3.05) is 7.11 Å². The van der Waals surface area contributed by atoms with Gasteiger partial charge in [-0.1, -0.05) is 17.7 Å². The van der Waals surface area contributed by atoms with E-state index in [1.165, 1.54) is 0 Å². The quantitative estimate of drug-likeness (QED) is 0.585. The molecule has 1 N–H and O–H groups in total. The van der Waals surface area contributed by atoms with Crippen LogP contribution < -0.4 is 9.47 Å². The van der Waals surface area contributed by atoms with Crippen LogP contribution in [0.25, 0.3) is 10.9 Å². The first-order chi connectivity index (χ1) is 10.7. The van der Waals surface area contributed by atoms with Gasteiger partial charge in [-0.25, -0.2) is 0 Å². The van der Waals surface area contributed by atoms with E-state index in [-0.39, 0.29) is 12.4 Å². The molecule has 0 amide bonds. The number of H-pyrrole nitrogens is 1. The van der Waals surface area contributed by atoms with Crippen LogP contribution in [0.2, 0.25) is 5.02 Å². The van der Waals surface area contributed by atoms with Crippen molar-refractivity contribution in [2.45, 2.75) is 6.42 Å². The predicted molar refractivity (Wildman–Crippen MR) is 85.6 cm³/mol. The van der Waals surface area contributed by atoms with E-state index in [2.05, 4.69) is 4.98 Å². The summed E-state index contributed by atoms with van der Waals surface area (Å²) in [5.41, 5.74) is 1.81. The Morgan fingerprint density at radius 2 is 2.05 bits per heavy atom. The highest BCUT2D eigenvalue weighted by atomic mass is 35.5. The Bertz CT molecular complexity index is 826. The predicted octanol–water partition coefficient (Wildman–Crippen LogP) is 3.98. The highest BCUT2D eigenvalue weighted by Crippen LogP contribution is 2.24. The third-order valence-corrected chi connectivity index (χ3v) is 3.57. The number of hydrogen-bond acceptors (Lipinski definition) is 3. The SMILES string of the molecule is COc1ccc2[nH]cc(CC(=O)Oc3cccc(Cl)c3)c2c1. The van der Waals surface area contributed by atoms with Crippen molar-refractivity contribution < 1.29 is 14.3 Å². The molecule has 1 aromatic heterocycles. The molecule has 0 unspecified atom stereocenters. The van der Waals surface area contributed by atoms with Crippen LogP contribution in [-0.4, -0.2) is 18.1 Å². The van der Waals surface area contributed by atoms with Crippen LogP contribution in [0.4, 0.5) is 0 Å². The minimum absolute atomic E-state index is 0.166. The van der Waals surface area contributed by atoms with Gasteiger partial charge in [0.1, 0.15) is 11.5 Å². The largest absolute Gasteiger partial charge is 0.497 e. The van der Waals surface area contributed by atoms with Gasteiger partial charge in [-0.2, -0.15) is 0 Å². The highest BCUT2D eigenvalue weighted by molar-refractivity contribution is 6.30.